The van der Waals surface area contributed by atoms with Gasteiger partial charge in [0.15, 0.2) is 5.82 Å². The van der Waals surface area contributed by atoms with Crippen LogP contribution in [0.4, 0.5) is 28.6 Å². The van der Waals surface area contributed by atoms with Crippen molar-refractivity contribution < 1.29 is 9.59 Å². The Balaban J connectivity index is 1.54. The van der Waals surface area contributed by atoms with E-state index in [1.165, 1.54) is 4.68 Å². The Kier molecular flexibility index (Phi) is 5.27. The number of para-hydroxylation sites is 1. The smallest absolute Gasteiger partial charge is 0.268 e. The minimum Gasteiger partial charge on any atom is -0.326 e. The summed E-state index contributed by atoms with van der Waals surface area (Å²) in [6.07, 6.45) is 4.79. The van der Waals surface area contributed by atoms with Gasteiger partial charge < -0.3 is 10.2 Å². The molecule has 1 aliphatic heterocycles. The van der Waals surface area contributed by atoms with Crippen LogP contribution in [-0.4, -0.2) is 33.6 Å². The maximum absolute atomic E-state index is 13.7. The van der Waals surface area contributed by atoms with E-state index in [2.05, 4.69) is 15.4 Å². The largest absolute Gasteiger partial charge is 0.326 e. The number of carbonyl (C=O) groups excluding carboxylic acids is 2. The summed E-state index contributed by atoms with van der Waals surface area (Å²) < 4.78 is 1.47. The lowest BCUT2D eigenvalue weighted by molar-refractivity contribution is -0.116. The van der Waals surface area contributed by atoms with Crippen molar-refractivity contribution in [2.45, 2.75) is 6.54 Å². The first-order chi connectivity index (χ1) is 16.0. The summed E-state index contributed by atoms with van der Waals surface area (Å²) in [5.41, 5.74) is 3.09. The van der Waals surface area contributed by atoms with E-state index in [4.69, 9.17) is 11.6 Å². The molecule has 2 aromatic carbocycles. The van der Waals surface area contributed by atoms with Crippen LogP contribution in [0.2, 0.25) is 5.02 Å². The van der Waals surface area contributed by atoms with Crippen molar-refractivity contribution >= 4 is 52.0 Å². The highest BCUT2D eigenvalue weighted by atomic mass is 35.5. The summed E-state index contributed by atoms with van der Waals surface area (Å²) in [6, 6.07) is 18.2. The SMILES string of the molecule is CN1c2ccc(Cl)cc2N(c2ccccc2)C(=O)c2cn(CC(=O)Nc3cccnc3)nc21. The van der Waals surface area contributed by atoms with Gasteiger partial charge in [0, 0.05) is 30.2 Å². The average molecular weight is 459 g/mol. The Hall–Kier alpha value is -4.17. The lowest BCUT2D eigenvalue weighted by atomic mass is 10.2. The molecule has 9 heteroatoms. The molecule has 164 valence electrons. The molecule has 2 aromatic heterocycles. The molecule has 0 atom stereocenters. The Morgan fingerprint density at radius 2 is 1.88 bits per heavy atom. The third kappa shape index (κ3) is 3.92. The molecule has 1 N–H and O–H groups in total. The van der Waals surface area contributed by atoms with Gasteiger partial charge in [-0.05, 0) is 42.5 Å². The molecule has 5 rings (SSSR count). The monoisotopic (exact) mass is 458 g/mol. The van der Waals surface area contributed by atoms with Crippen LogP contribution < -0.4 is 15.1 Å². The molecular weight excluding hydrogens is 440 g/mol. The second-order valence-corrected chi connectivity index (χ2v) is 7.96. The number of aromatic nitrogens is 3. The zero-order valence-electron chi connectivity index (χ0n) is 17.6. The van der Waals surface area contributed by atoms with E-state index in [-0.39, 0.29) is 18.4 Å². The lowest BCUT2D eigenvalue weighted by Crippen LogP contribution is -2.25. The number of anilines is 5. The fourth-order valence-electron chi connectivity index (χ4n) is 3.81. The van der Waals surface area contributed by atoms with Crippen LogP contribution >= 0.6 is 11.6 Å². The summed E-state index contributed by atoms with van der Waals surface area (Å²) in [5, 5.41) is 7.86. The highest BCUT2D eigenvalue weighted by Crippen LogP contribution is 2.43. The van der Waals surface area contributed by atoms with Crippen molar-refractivity contribution in [2.24, 2.45) is 0 Å². The molecule has 0 spiro atoms. The molecule has 0 bridgehead atoms. The van der Waals surface area contributed by atoms with Gasteiger partial charge in [0.2, 0.25) is 5.91 Å². The van der Waals surface area contributed by atoms with Crippen LogP contribution in [0.3, 0.4) is 0 Å². The van der Waals surface area contributed by atoms with Gasteiger partial charge in [-0.15, -0.1) is 0 Å². The number of hydrogen-bond donors (Lipinski definition) is 1. The van der Waals surface area contributed by atoms with E-state index in [1.54, 1.807) is 47.8 Å². The molecule has 1 aliphatic rings. The number of nitrogens with zero attached hydrogens (tertiary/aromatic N) is 5. The van der Waals surface area contributed by atoms with Crippen molar-refractivity contribution in [3.63, 3.8) is 0 Å². The first-order valence-corrected chi connectivity index (χ1v) is 10.6. The molecule has 0 radical (unpaired) electrons. The van der Waals surface area contributed by atoms with E-state index in [9.17, 15) is 9.59 Å². The van der Waals surface area contributed by atoms with E-state index < -0.39 is 0 Å². The van der Waals surface area contributed by atoms with E-state index in [1.807, 2.05) is 48.3 Å². The molecule has 0 saturated carbocycles. The summed E-state index contributed by atoms with van der Waals surface area (Å²) in [7, 11) is 1.83. The maximum Gasteiger partial charge on any atom is 0.268 e. The number of benzene rings is 2. The van der Waals surface area contributed by atoms with Gasteiger partial charge in [-0.3, -0.25) is 24.2 Å². The molecule has 0 aliphatic carbocycles. The Bertz CT molecular complexity index is 1340. The van der Waals surface area contributed by atoms with Gasteiger partial charge in [-0.1, -0.05) is 29.8 Å². The molecular formula is C24H19ClN6O2. The number of nitrogens with one attached hydrogen (secondary N) is 1. The van der Waals surface area contributed by atoms with Gasteiger partial charge in [0.25, 0.3) is 5.91 Å². The second-order valence-electron chi connectivity index (χ2n) is 7.52. The molecule has 8 nitrogen and oxygen atoms in total. The van der Waals surface area contributed by atoms with Crippen LogP contribution in [0.25, 0.3) is 0 Å². The highest BCUT2D eigenvalue weighted by molar-refractivity contribution is 6.31. The molecule has 3 heterocycles. The predicted octanol–water partition coefficient (Wildman–Crippen LogP) is 4.63. The van der Waals surface area contributed by atoms with Crippen molar-refractivity contribution in [2.75, 3.05) is 22.2 Å². The van der Waals surface area contributed by atoms with E-state index >= 15 is 0 Å². The maximum atomic E-state index is 13.7. The predicted molar refractivity (Wildman–Crippen MR) is 128 cm³/mol. The molecule has 0 fully saturated rings. The number of carbonyl (C=O) groups is 2. The normalized spacial score (nSPS) is 12.7. The quantitative estimate of drug-likeness (QED) is 0.482. The van der Waals surface area contributed by atoms with E-state index in [0.717, 1.165) is 5.69 Å². The topological polar surface area (TPSA) is 83.4 Å². The van der Waals surface area contributed by atoms with Crippen molar-refractivity contribution in [3.8, 4) is 0 Å². The Morgan fingerprint density at radius 1 is 1.06 bits per heavy atom. The van der Waals surface area contributed by atoms with Crippen LogP contribution in [-0.2, 0) is 11.3 Å². The van der Waals surface area contributed by atoms with Gasteiger partial charge in [-0.25, -0.2) is 0 Å². The molecule has 0 saturated heterocycles. The third-order valence-corrected chi connectivity index (χ3v) is 5.53. The summed E-state index contributed by atoms with van der Waals surface area (Å²) in [5.74, 6) is -0.0815. The number of hydrogen-bond acceptors (Lipinski definition) is 5. The highest BCUT2D eigenvalue weighted by Gasteiger charge is 2.33. The fourth-order valence-corrected chi connectivity index (χ4v) is 3.98. The number of amides is 2. The Labute approximate surface area is 195 Å². The second kappa shape index (κ2) is 8.40. The number of pyridine rings is 1. The molecule has 4 aromatic rings. The first-order valence-electron chi connectivity index (χ1n) is 10.2. The van der Waals surface area contributed by atoms with Gasteiger partial charge in [-0.2, -0.15) is 5.10 Å². The number of halogens is 1. The van der Waals surface area contributed by atoms with Crippen LogP contribution in [0.1, 0.15) is 10.4 Å². The number of rotatable bonds is 4. The minimum absolute atomic E-state index is 0.0537. The molecule has 33 heavy (non-hydrogen) atoms. The van der Waals surface area contributed by atoms with Gasteiger partial charge >= 0.3 is 0 Å². The standard InChI is InChI=1S/C24H19ClN6O2/c1-29-20-10-9-16(25)12-21(20)31(18-7-3-2-4-8-18)24(33)19-14-30(28-23(19)29)15-22(32)27-17-6-5-11-26-13-17/h2-14H,15H2,1H3,(H,27,32). The zero-order chi connectivity index (χ0) is 22.9. The lowest BCUT2D eigenvalue weighted by Gasteiger charge is -2.25. The van der Waals surface area contributed by atoms with Gasteiger partial charge in [0.05, 0.1) is 23.3 Å². The van der Waals surface area contributed by atoms with Crippen molar-refractivity contribution in [1.29, 1.82) is 0 Å². The van der Waals surface area contributed by atoms with Crippen molar-refractivity contribution in [3.05, 3.63) is 89.8 Å². The van der Waals surface area contributed by atoms with Crippen LogP contribution in [0.5, 0.6) is 0 Å². The van der Waals surface area contributed by atoms with Crippen LogP contribution in [0.15, 0.2) is 79.3 Å². The number of fused-ring (bicyclic) bond motifs is 2. The Morgan fingerprint density at radius 3 is 2.64 bits per heavy atom. The van der Waals surface area contributed by atoms with Crippen LogP contribution in [0, 0.1) is 0 Å². The summed E-state index contributed by atoms with van der Waals surface area (Å²) in [6.45, 7) is -0.0537. The fraction of sp³-hybridized carbons (Fsp3) is 0.0833. The molecule has 2 amide bonds. The average Bonchev–Trinajstić information content (AvgIpc) is 3.21. The summed E-state index contributed by atoms with van der Waals surface area (Å²) >= 11 is 6.29. The van der Waals surface area contributed by atoms with Crippen molar-refractivity contribution in [1.82, 2.24) is 14.8 Å². The van der Waals surface area contributed by atoms with E-state index in [0.29, 0.717) is 33.5 Å². The molecule has 0 unspecified atom stereocenters. The minimum atomic E-state index is -0.275. The first kappa shape index (κ1) is 20.7. The van der Waals surface area contributed by atoms with Gasteiger partial charge in [0.1, 0.15) is 12.1 Å². The summed E-state index contributed by atoms with van der Waals surface area (Å²) in [4.78, 5) is 33.7. The zero-order valence-corrected chi connectivity index (χ0v) is 18.4. The third-order valence-electron chi connectivity index (χ3n) is 5.30.